The Morgan fingerprint density at radius 3 is 2.47 bits per heavy atom. The van der Waals surface area contributed by atoms with E-state index in [1.807, 2.05) is 0 Å². The maximum absolute atomic E-state index is 12.0. The summed E-state index contributed by atoms with van der Waals surface area (Å²) in [7, 11) is 0. The Morgan fingerprint density at radius 2 is 1.84 bits per heavy atom. The number of halogens is 3. The molecule has 0 aliphatic rings. The van der Waals surface area contributed by atoms with Crippen LogP contribution in [0.15, 0.2) is 40.9 Å². The smallest absolute Gasteiger partial charge is 0.255 e. The molecule has 6 heteroatoms. The van der Waals surface area contributed by atoms with E-state index >= 15 is 0 Å². The van der Waals surface area contributed by atoms with E-state index in [-0.39, 0.29) is 5.91 Å². The van der Waals surface area contributed by atoms with Crippen molar-refractivity contribution < 1.29 is 4.79 Å². The van der Waals surface area contributed by atoms with Crippen molar-refractivity contribution in [3.8, 4) is 0 Å². The summed E-state index contributed by atoms with van der Waals surface area (Å²) in [4.78, 5) is 12.0. The van der Waals surface area contributed by atoms with E-state index in [1.165, 1.54) is 6.07 Å². The number of nitrogen functional groups attached to an aromatic ring is 1. The van der Waals surface area contributed by atoms with Crippen molar-refractivity contribution >= 4 is 56.4 Å². The number of hydrogen-bond acceptors (Lipinski definition) is 2. The van der Waals surface area contributed by atoms with Crippen LogP contribution in [0.25, 0.3) is 0 Å². The number of amides is 1. The molecule has 2 aromatic carbocycles. The molecule has 0 radical (unpaired) electrons. The molecule has 0 fully saturated rings. The van der Waals surface area contributed by atoms with Crippen LogP contribution >= 0.6 is 39.1 Å². The van der Waals surface area contributed by atoms with Crippen LogP contribution in [0.2, 0.25) is 10.0 Å². The van der Waals surface area contributed by atoms with Crippen molar-refractivity contribution in [1.29, 1.82) is 0 Å². The minimum absolute atomic E-state index is 0.276. The van der Waals surface area contributed by atoms with E-state index in [2.05, 4.69) is 21.2 Å². The molecule has 98 valence electrons. The summed E-state index contributed by atoms with van der Waals surface area (Å²) >= 11 is 15.0. The van der Waals surface area contributed by atoms with Crippen molar-refractivity contribution in [3.63, 3.8) is 0 Å². The molecule has 0 saturated heterocycles. The average molecular weight is 360 g/mol. The largest absolute Gasteiger partial charge is 0.398 e. The molecule has 0 atom stereocenters. The maximum Gasteiger partial charge on any atom is 0.255 e. The molecule has 0 aliphatic heterocycles. The average Bonchev–Trinajstić information content (AvgIpc) is 2.37. The highest BCUT2D eigenvalue weighted by Gasteiger charge is 2.08. The van der Waals surface area contributed by atoms with E-state index in [9.17, 15) is 4.79 Å². The summed E-state index contributed by atoms with van der Waals surface area (Å²) in [6.45, 7) is 0. The number of nitrogens with one attached hydrogen (secondary N) is 1. The molecular weight excluding hydrogens is 351 g/mol. The van der Waals surface area contributed by atoms with Crippen molar-refractivity contribution in [2.75, 3.05) is 11.1 Å². The van der Waals surface area contributed by atoms with Crippen molar-refractivity contribution in [2.24, 2.45) is 0 Å². The summed E-state index contributed by atoms with van der Waals surface area (Å²) in [5.74, 6) is -0.276. The predicted octanol–water partition coefficient (Wildman–Crippen LogP) is 4.59. The highest BCUT2D eigenvalue weighted by Crippen LogP contribution is 2.26. The number of carbonyl (C=O) groups excluding carboxylic acids is 1. The van der Waals surface area contributed by atoms with Crippen LogP contribution in [0, 0.1) is 0 Å². The van der Waals surface area contributed by atoms with E-state index in [4.69, 9.17) is 28.9 Å². The summed E-state index contributed by atoms with van der Waals surface area (Å²) in [5.41, 5.74) is 7.06. The Hall–Kier alpha value is -1.23. The first-order valence-corrected chi connectivity index (χ1v) is 6.83. The van der Waals surface area contributed by atoms with Crippen LogP contribution in [0.5, 0.6) is 0 Å². The highest BCUT2D eigenvalue weighted by atomic mass is 79.9. The van der Waals surface area contributed by atoms with Gasteiger partial charge in [-0.25, -0.2) is 0 Å². The SMILES string of the molecule is Nc1cc(C(=O)Nc2ccc(Br)c(Cl)c2)ccc1Cl. The van der Waals surface area contributed by atoms with E-state index in [1.54, 1.807) is 30.3 Å². The van der Waals surface area contributed by atoms with Gasteiger partial charge in [0.1, 0.15) is 0 Å². The first kappa shape index (κ1) is 14.2. The Kier molecular flexibility index (Phi) is 4.34. The second kappa shape index (κ2) is 5.82. The number of anilines is 2. The molecule has 0 saturated carbocycles. The van der Waals surface area contributed by atoms with Gasteiger partial charge in [-0.05, 0) is 52.3 Å². The number of hydrogen-bond donors (Lipinski definition) is 2. The van der Waals surface area contributed by atoms with Gasteiger partial charge in [-0.2, -0.15) is 0 Å². The Balaban J connectivity index is 2.20. The van der Waals surface area contributed by atoms with Gasteiger partial charge in [0.15, 0.2) is 0 Å². The molecule has 1 amide bonds. The van der Waals surface area contributed by atoms with Gasteiger partial charge in [-0.3, -0.25) is 4.79 Å². The molecule has 0 unspecified atom stereocenters. The molecule has 0 aromatic heterocycles. The quantitative estimate of drug-likeness (QED) is 0.770. The molecule has 2 aromatic rings. The lowest BCUT2D eigenvalue weighted by atomic mass is 10.2. The van der Waals surface area contributed by atoms with Crippen LogP contribution in [-0.2, 0) is 0 Å². The van der Waals surface area contributed by atoms with Gasteiger partial charge in [0.05, 0.1) is 15.7 Å². The van der Waals surface area contributed by atoms with Crippen LogP contribution in [-0.4, -0.2) is 5.91 Å². The van der Waals surface area contributed by atoms with Gasteiger partial charge in [0.2, 0.25) is 0 Å². The number of carbonyl (C=O) groups is 1. The normalized spacial score (nSPS) is 10.3. The minimum atomic E-state index is -0.276. The molecule has 0 bridgehead atoms. The van der Waals surface area contributed by atoms with Gasteiger partial charge in [-0.1, -0.05) is 23.2 Å². The first-order valence-electron chi connectivity index (χ1n) is 5.29. The van der Waals surface area contributed by atoms with Crippen LogP contribution in [0.1, 0.15) is 10.4 Å². The fourth-order valence-electron chi connectivity index (χ4n) is 1.46. The molecular formula is C13H9BrCl2N2O. The zero-order valence-electron chi connectivity index (χ0n) is 9.58. The second-order valence-corrected chi connectivity index (χ2v) is 5.49. The Morgan fingerprint density at radius 1 is 1.11 bits per heavy atom. The molecule has 3 nitrogen and oxygen atoms in total. The highest BCUT2D eigenvalue weighted by molar-refractivity contribution is 9.10. The zero-order valence-corrected chi connectivity index (χ0v) is 12.7. The van der Waals surface area contributed by atoms with E-state index < -0.39 is 0 Å². The lowest BCUT2D eigenvalue weighted by molar-refractivity contribution is 0.102. The molecule has 0 spiro atoms. The monoisotopic (exact) mass is 358 g/mol. The third kappa shape index (κ3) is 3.41. The zero-order chi connectivity index (χ0) is 14.0. The second-order valence-electron chi connectivity index (χ2n) is 3.82. The molecule has 0 aliphatic carbocycles. The summed E-state index contributed by atoms with van der Waals surface area (Å²) < 4.78 is 0.767. The minimum Gasteiger partial charge on any atom is -0.398 e. The molecule has 19 heavy (non-hydrogen) atoms. The molecule has 2 rings (SSSR count). The predicted molar refractivity (Wildman–Crippen MR) is 83.0 cm³/mol. The number of rotatable bonds is 2. The summed E-state index contributed by atoms with van der Waals surface area (Å²) in [5, 5.41) is 3.67. The summed E-state index contributed by atoms with van der Waals surface area (Å²) in [6.07, 6.45) is 0. The van der Waals surface area contributed by atoms with Gasteiger partial charge in [0, 0.05) is 15.7 Å². The van der Waals surface area contributed by atoms with Gasteiger partial charge < -0.3 is 11.1 Å². The van der Waals surface area contributed by atoms with E-state index in [0.717, 1.165) is 4.47 Å². The summed E-state index contributed by atoms with van der Waals surface area (Å²) in [6, 6.07) is 9.87. The van der Waals surface area contributed by atoms with Gasteiger partial charge in [-0.15, -0.1) is 0 Å². The third-order valence-electron chi connectivity index (χ3n) is 2.44. The topological polar surface area (TPSA) is 55.1 Å². The van der Waals surface area contributed by atoms with Crippen molar-refractivity contribution in [3.05, 3.63) is 56.5 Å². The van der Waals surface area contributed by atoms with E-state index in [0.29, 0.717) is 27.0 Å². The Labute approximate surface area is 128 Å². The molecule has 0 heterocycles. The molecule has 3 N–H and O–H groups in total. The maximum atomic E-state index is 12.0. The third-order valence-corrected chi connectivity index (χ3v) is 4.01. The lowest BCUT2D eigenvalue weighted by Gasteiger charge is -2.07. The van der Waals surface area contributed by atoms with Crippen LogP contribution < -0.4 is 11.1 Å². The van der Waals surface area contributed by atoms with Gasteiger partial charge >= 0.3 is 0 Å². The standard InChI is InChI=1S/C13H9BrCl2N2O/c14-9-3-2-8(6-11(9)16)18-13(19)7-1-4-10(15)12(17)5-7/h1-6H,17H2,(H,18,19). The van der Waals surface area contributed by atoms with Crippen molar-refractivity contribution in [1.82, 2.24) is 0 Å². The fraction of sp³-hybridized carbons (Fsp3) is 0. The van der Waals surface area contributed by atoms with Gasteiger partial charge in [0.25, 0.3) is 5.91 Å². The number of benzene rings is 2. The first-order chi connectivity index (χ1) is 8.97. The van der Waals surface area contributed by atoms with Crippen LogP contribution in [0.4, 0.5) is 11.4 Å². The lowest BCUT2D eigenvalue weighted by Crippen LogP contribution is -2.12. The Bertz CT molecular complexity index is 647. The fourth-order valence-corrected chi connectivity index (χ4v) is 2.01. The van der Waals surface area contributed by atoms with Crippen LogP contribution in [0.3, 0.4) is 0 Å². The number of nitrogens with two attached hydrogens (primary N) is 1. The van der Waals surface area contributed by atoms with Crippen molar-refractivity contribution in [2.45, 2.75) is 0 Å².